The summed E-state index contributed by atoms with van der Waals surface area (Å²) in [5, 5.41) is 14.8. The minimum atomic E-state index is -3.58. The molecular formula is C19H20BrN5O5S. The van der Waals surface area contributed by atoms with Gasteiger partial charge in [0.2, 0.25) is 10.0 Å². The van der Waals surface area contributed by atoms with Gasteiger partial charge in [0.05, 0.1) is 28.1 Å². The number of piperazine rings is 1. The number of hydrogen-bond acceptors (Lipinski definition) is 7. The predicted octanol–water partition coefficient (Wildman–Crippen LogP) is 1.81. The van der Waals surface area contributed by atoms with Gasteiger partial charge in [-0.15, -0.1) is 0 Å². The Bertz CT molecular complexity index is 1080. The van der Waals surface area contributed by atoms with E-state index in [4.69, 9.17) is 0 Å². The smallest absolute Gasteiger partial charge is 0.278 e. The minimum Gasteiger partial charge on any atom is -0.292 e. The molecule has 12 heteroatoms. The van der Waals surface area contributed by atoms with Crippen molar-refractivity contribution in [3.63, 3.8) is 0 Å². The maximum Gasteiger partial charge on any atom is 0.278 e. The third kappa shape index (κ3) is 5.94. The van der Waals surface area contributed by atoms with E-state index < -0.39 is 14.9 Å². The molecule has 2 aromatic carbocycles. The molecule has 1 aliphatic rings. The number of hydrazone groups is 1. The monoisotopic (exact) mass is 509 g/mol. The molecule has 1 heterocycles. The van der Waals surface area contributed by atoms with Crippen LogP contribution in [0.15, 0.2) is 63.0 Å². The second kappa shape index (κ2) is 10.1. The Morgan fingerprint density at radius 2 is 1.77 bits per heavy atom. The lowest BCUT2D eigenvalue weighted by molar-refractivity contribution is -0.385. The molecule has 1 amide bonds. The highest BCUT2D eigenvalue weighted by Crippen LogP contribution is 2.20. The number of hydrogen-bond donors (Lipinski definition) is 1. The number of halogens is 1. The van der Waals surface area contributed by atoms with E-state index in [0.29, 0.717) is 13.1 Å². The molecule has 0 unspecified atom stereocenters. The molecule has 0 bridgehead atoms. The molecule has 0 aromatic heterocycles. The fourth-order valence-corrected chi connectivity index (χ4v) is 4.75. The second-order valence-corrected chi connectivity index (χ2v) is 9.60. The van der Waals surface area contributed by atoms with Crippen molar-refractivity contribution in [2.75, 3.05) is 32.7 Å². The summed E-state index contributed by atoms with van der Waals surface area (Å²) in [5.74, 6) is -0.390. The summed E-state index contributed by atoms with van der Waals surface area (Å²) >= 11 is 3.29. The highest BCUT2D eigenvalue weighted by atomic mass is 79.9. The Kier molecular flexibility index (Phi) is 7.49. The summed E-state index contributed by atoms with van der Waals surface area (Å²) < 4.78 is 27.6. The first-order valence-electron chi connectivity index (χ1n) is 9.31. The van der Waals surface area contributed by atoms with Crippen LogP contribution in [0.4, 0.5) is 5.69 Å². The molecule has 1 aliphatic heterocycles. The highest BCUT2D eigenvalue weighted by Gasteiger charge is 2.29. The summed E-state index contributed by atoms with van der Waals surface area (Å²) in [7, 11) is -3.58. The van der Waals surface area contributed by atoms with E-state index in [1.807, 2.05) is 4.90 Å². The van der Waals surface area contributed by atoms with Crippen LogP contribution in [0.2, 0.25) is 0 Å². The molecule has 164 valence electrons. The van der Waals surface area contributed by atoms with Gasteiger partial charge >= 0.3 is 0 Å². The molecule has 0 aliphatic carbocycles. The maximum absolute atomic E-state index is 12.7. The zero-order chi connectivity index (χ0) is 22.4. The van der Waals surface area contributed by atoms with Gasteiger partial charge in [-0.25, -0.2) is 13.8 Å². The van der Waals surface area contributed by atoms with Crippen LogP contribution < -0.4 is 5.43 Å². The number of nitrogens with zero attached hydrogens (tertiary/aromatic N) is 4. The lowest BCUT2D eigenvalue weighted by Gasteiger charge is -2.33. The Balaban J connectivity index is 1.50. The summed E-state index contributed by atoms with van der Waals surface area (Å²) in [6.07, 6.45) is 1.22. The van der Waals surface area contributed by atoms with E-state index in [2.05, 4.69) is 26.5 Å². The van der Waals surface area contributed by atoms with Crippen molar-refractivity contribution in [2.45, 2.75) is 4.90 Å². The Morgan fingerprint density at radius 3 is 2.42 bits per heavy atom. The minimum absolute atomic E-state index is 0.0421. The molecule has 0 spiro atoms. The standard InChI is InChI=1S/C19H20BrN5O5S/c20-16-5-7-17(8-6-16)31(29,30)24-11-9-23(10-12-24)14-19(26)22-21-13-15-3-1-2-4-18(15)25(27)28/h1-8,13H,9-12,14H2,(H,22,26)/b21-13-. The zero-order valence-corrected chi connectivity index (χ0v) is 18.8. The van der Waals surface area contributed by atoms with Gasteiger partial charge in [-0.1, -0.05) is 28.1 Å². The normalized spacial score (nSPS) is 15.8. The maximum atomic E-state index is 12.7. The molecule has 3 rings (SSSR count). The van der Waals surface area contributed by atoms with Crippen molar-refractivity contribution >= 4 is 43.8 Å². The predicted molar refractivity (Wildman–Crippen MR) is 118 cm³/mol. The van der Waals surface area contributed by atoms with Gasteiger partial charge in [-0.3, -0.25) is 19.8 Å². The lowest BCUT2D eigenvalue weighted by Crippen LogP contribution is -2.50. The third-order valence-corrected chi connectivity index (χ3v) is 7.12. The van der Waals surface area contributed by atoms with Crippen molar-refractivity contribution in [3.8, 4) is 0 Å². The van der Waals surface area contributed by atoms with Crippen LogP contribution in [0.1, 0.15) is 5.56 Å². The number of carbonyl (C=O) groups excluding carboxylic acids is 1. The van der Waals surface area contributed by atoms with E-state index in [9.17, 15) is 23.3 Å². The number of carbonyl (C=O) groups is 1. The van der Waals surface area contributed by atoms with E-state index in [0.717, 1.165) is 4.47 Å². The van der Waals surface area contributed by atoms with Crippen LogP contribution in [-0.2, 0) is 14.8 Å². The Hall–Kier alpha value is -2.67. The van der Waals surface area contributed by atoms with Gasteiger partial charge in [-0.05, 0) is 30.3 Å². The van der Waals surface area contributed by atoms with Gasteiger partial charge in [-0.2, -0.15) is 9.41 Å². The molecule has 1 fully saturated rings. The van der Waals surface area contributed by atoms with Crippen LogP contribution in [0, 0.1) is 10.1 Å². The van der Waals surface area contributed by atoms with Crippen molar-refractivity contribution in [3.05, 3.63) is 68.7 Å². The second-order valence-electron chi connectivity index (χ2n) is 6.74. The van der Waals surface area contributed by atoms with E-state index in [1.165, 1.54) is 22.7 Å². The zero-order valence-electron chi connectivity index (χ0n) is 16.3. The number of sulfonamides is 1. The molecule has 0 radical (unpaired) electrons. The molecule has 0 atom stereocenters. The SMILES string of the molecule is O=C(CN1CCN(S(=O)(=O)c2ccc(Br)cc2)CC1)N/N=C\c1ccccc1[N+](=O)[O-]. The Morgan fingerprint density at radius 1 is 1.13 bits per heavy atom. The van der Waals surface area contributed by atoms with Crippen LogP contribution >= 0.6 is 15.9 Å². The van der Waals surface area contributed by atoms with Gasteiger partial charge in [0.15, 0.2) is 0 Å². The highest BCUT2D eigenvalue weighted by molar-refractivity contribution is 9.10. The molecule has 1 saturated heterocycles. The number of rotatable bonds is 7. The lowest BCUT2D eigenvalue weighted by atomic mass is 10.2. The topological polar surface area (TPSA) is 125 Å². The van der Waals surface area contributed by atoms with Crippen molar-refractivity contribution < 1.29 is 18.1 Å². The molecule has 31 heavy (non-hydrogen) atoms. The number of para-hydroxylation sites is 1. The van der Waals surface area contributed by atoms with Crippen LogP contribution in [-0.4, -0.2) is 67.4 Å². The third-order valence-electron chi connectivity index (χ3n) is 4.68. The van der Waals surface area contributed by atoms with Crippen molar-refractivity contribution in [1.82, 2.24) is 14.6 Å². The van der Waals surface area contributed by atoms with Crippen LogP contribution in [0.5, 0.6) is 0 Å². The van der Waals surface area contributed by atoms with E-state index >= 15 is 0 Å². The Labute approximate surface area is 187 Å². The molecule has 0 saturated carbocycles. The summed E-state index contributed by atoms with van der Waals surface area (Å²) in [6.45, 7) is 1.38. The van der Waals surface area contributed by atoms with E-state index in [-0.39, 0.29) is 41.7 Å². The number of nitrogens with one attached hydrogen (secondary N) is 1. The molecule has 1 N–H and O–H groups in total. The van der Waals surface area contributed by atoms with Gasteiger partial charge < -0.3 is 0 Å². The average molecular weight is 510 g/mol. The largest absolute Gasteiger partial charge is 0.292 e. The quantitative estimate of drug-likeness (QED) is 0.344. The number of amides is 1. The van der Waals surface area contributed by atoms with Gasteiger partial charge in [0, 0.05) is 36.7 Å². The first kappa shape index (κ1) is 23.0. The average Bonchev–Trinajstić information content (AvgIpc) is 2.74. The summed E-state index contributed by atoms with van der Waals surface area (Å²) in [6, 6.07) is 12.5. The first-order chi connectivity index (χ1) is 14.8. The summed E-state index contributed by atoms with van der Waals surface area (Å²) in [5.41, 5.74) is 2.52. The number of nitro benzene ring substituents is 1. The van der Waals surface area contributed by atoms with E-state index in [1.54, 1.807) is 36.4 Å². The fraction of sp³-hybridized carbons (Fsp3) is 0.263. The molecule has 2 aromatic rings. The number of nitro groups is 1. The fourth-order valence-electron chi connectivity index (χ4n) is 3.06. The first-order valence-corrected chi connectivity index (χ1v) is 11.5. The van der Waals surface area contributed by atoms with Crippen LogP contribution in [0.3, 0.4) is 0 Å². The van der Waals surface area contributed by atoms with Crippen LogP contribution in [0.25, 0.3) is 0 Å². The number of benzene rings is 2. The molecular weight excluding hydrogens is 490 g/mol. The molecule has 10 nitrogen and oxygen atoms in total. The van der Waals surface area contributed by atoms with Crippen molar-refractivity contribution in [1.29, 1.82) is 0 Å². The summed E-state index contributed by atoms with van der Waals surface area (Å²) in [4.78, 5) is 24.6. The van der Waals surface area contributed by atoms with Crippen molar-refractivity contribution in [2.24, 2.45) is 5.10 Å². The van der Waals surface area contributed by atoms with Gasteiger partial charge in [0.25, 0.3) is 11.6 Å². The van der Waals surface area contributed by atoms with Gasteiger partial charge in [0.1, 0.15) is 0 Å².